The topological polar surface area (TPSA) is 33.2 Å². The fourth-order valence-electron chi connectivity index (χ4n) is 2.54. The van der Waals surface area contributed by atoms with Crippen LogP contribution >= 0.6 is 15.9 Å². The van der Waals surface area contributed by atoms with Crippen LogP contribution in [0.25, 0.3) is 11.1 Å². The Balaban J connectivity index is 1.93. The number of carbonyl (C=O) groups excluding carboxylic acids is 1. The molecule has 0 aliphatic carbocycles. The Morgan fingerprint density at radius 2 is 2.00 bits per heavy atom. The van der Waals surface area contributed by atoms with Gasteiger partial charge >= 0.3 is 0 Å². The molecule has 1 saturated heterocycles. The summed E-state index contributed by atoms with van der Waals surface area (Å²) in [5.41, 5.74) is 4.21. The van der Waals surface area contributed by atoms with Crippen LogP contribution in [0.4, 0.5) is 5.69 Å². The second-order valence-electron chi connectivity index (χ2n) is 4.98. The van der Waals surface area contributed by atoms with Crippen LogP contribution in [-0.4, -0.2) is 17.4 Å². The molecule has 0 saturated carbocycles. The Morgan fingerprint density at radius 3 is 2.65 bits per heavy atom. The molecule has 1 aliphatic heterocycles. The van der Waals surface area contributed by atoms with Gasteiger partial charge in [-0.3, -0.25) is 9.78 Å². The van der Waals surface area contributed by atoms with E-state index in [1.54, 1.807) is 6.20 Å². The van der Waals surface area contributed by atoms with E-state index < -0.39 is 0 Å². The molecular formula is C16H15BrN2O. The quantitative estimate of drug-likeness (QED) is 0.835. The molecule has 0 unspecified atom stereocenters. The first kappa shape index (κ1) is 13.3. The number of hydrogen-bond donors (Lipinski definition) is 0. The summed E-state index contributed by atoms with van der Waals surface area (Å²) in [4.78, 5) is 18.0. The minimum absolute atomic E-state index is 0.220. The molecular weight excluding hydrogens is 316 g/mol. The molecule has 0 spiro atoms. The van der Waals surface area contributed by atoms with Crippen LogP contribution < -0.4 is 4.90 Å². The maximum atomic E-state index is 11.7. The minimum atomic E-state index is 0.220. The molecule has 1 amide bonds. The maximum Gasteiger partial charge on any atom is 0.227 e. The highest BCUT2D eigenvalue weighted by Crippen LogP contribution is 2.28. The van der Waals surface area contributed by atoms with Crippen molar-refractivity contribution in [1.29, 1.82) is 0 Å². The van der Waals surface area contributed by atoms with Crippen molar-refractivity contribution in [3.05, 3.63) is 46.7 Å². The lowest BCUT2D eigenvalue weighted by Gasteiger charge is -2.16. The van der Waals surface area contributed by atoms with Crippen molar-refractivity contribution >= 4 is 27.5 Å². The number of halogens is 1. The number of rotatable bonds is 2. The summed E-state index contributed by atoms with van der Waals surface area (Å²) < 4.78 is 0.969. The van der Waals surface area contributed by atoms with Gasteiger partial charge in [0.1, 0.15) is 0 Å². The first-order chi connectivity index (χ1) is 9.65. The van der Waals surface area contributed by atoms with E-state index in [9.17, 15) is 4.79 Å². The highest BCUT2D eigenvalue weighted by molar-refractivity contribution is 9.10. The molecule has 1 aliphatic rings. The molecule has 0 bridgehead atoms. The van der Waals surface area contributed by atoms with Gasteiger partial charge in [0.25, 0.3) is 0 Å². The van der Waals surface area contributed by atoms with Crippen molar-refractivity contribution in [3.8, 4) is 11.1 Å². The molecule has 1 aromatic heterocycles. The van der Waals surface area contributed by atoms with Gasteiger partial charge in [-0.05, 0) is 53.0 Å². The maximum absolute atomic E-state index is 11.7. The van der Waals surface area contributed by atoms with Gasteiger partial charge in [-0.25, -0.2) is 0 Å². The van der Waals surface area contributed by atoms with E-state index in [0.717, 1.165) is 39.9 Å². The van der Waals surface area contributed by atoms with E-state index in [1.807, 2.05) is 24.0 Å². The lowest BCUT2D eigenvalue weighted by Crippen LogP contribution is -2.23. The Kier molecular flexibility index (Phi) is 3.57. The zero-order valence-electron chi connectivity index (χ0n) is 11.3. The summed E-state index contributed by atoms with van der Waals surface area (Å²) in [5.74, 6) is 0.220. The highest BCUT2D eigenvalue weighted by Gasteiger charge is 2.21. The predicted octanol–water partition coefficient (Wildman–Crippen LogP) is 3.95. The Hall–Kier alpha value is -1.68. The van der Waals surface area contributed by atoms with Crippen molar-refractivity contribution in [3.63, 3.8) is 0 Å². The number of nitrogens with zero attached hydrogens (tertiary/aromatic N) is 2. The number of hydrogen-bond acceptors (Lipinski definition) is 2. The number of amides is 1. The second kappa shape index (κ2) is 5.37. The number of pyridine rings is 1. The largest absolute Gasteiger partial charge is 0.312 e. The van der Waals surface area contributed by atoms with Crippen LogP contribution in [0, 0.1) is 6.92 Å². The lowest BCUT2D eigenvalue weighted by atomic mass is 10.0. The molecule has 20 heavy (non-hydrogen) atoms. The minimum Gasteiger partial charge on any atom is -0.312 e. The molecule has 2 aromatic rings. The van der Waals surface area contributed by atoms with Gasteiger partial charge in [0.2, 0.25) is 5.91 Å². The average Bonchev–Trinajstić information content (AvgIpc) is 2.88. The zero-order chi connectivity index (χ0) is 14.1. The van der Waals surface area contributed by atoms with Crippen molar-refractivity contribution in [2.24, 2.45) is 0 Å². The Labute approximate surface area is 126 Å². The van der Waals surface area contributed by atoms with Gasteiger partial charge in [0, 0.05) is 40.6 Å². The highest BCUT2D eigenvalue weighted by atomic mass is 79.9. The van der Waals surface area contributed by atoms with Crippen molar-refractivity contribution in [2.45, 2.75) is 19.8 Å². The summed E-state index contributed by atoms with van der Waals surface area (Å²) in [6.45, 7) is 2.83. The fourth-order valence-corrected chi connectivity index (χ4v) is 2.87. The van der Waals surface area contributed by atoms with E-state index in [-0.39, 0.29) is 5.91 Å². The molecule has 0 N–H and O–H groups in total. The smallest absolute Gasteiger partial charge is 0.227 e. The van der Waals surface area contributed by atoms with Crippen LogP contribution in [0.5, 0.6) is 0 Å². The Morgan fingerprint density at radius 1 is 1.25 bits per heavy atom. The monoisotopic (exact) mass is 330 g/mol. The third-order valence-electron chi connectivity index (χ3n) is 3.62. The molecule has 0 radical (unpaired) electrons. The molecule has 0 atom stereocenters. The van der Waals surface area contributed by atoms with Crippen LogP contribution in [-0.2, 0) is 4.79 Å². The van der Waals surface area contributed by atoms with Crippen molar-refractivity contribution in [1.82, 2.24) is 4.98 Å². The van der Waals surface area contributed by atoms with Gasteiger partial charge in [0.05, 0.1) is 0 Å². The summed E-state index contributed by atoms with van der Waals surface area (Å²) in [6, 6.07) is 10.2. The molecule has 3 rings (SSSR count). The van der Waals surface area contributed by atoms with Crippen LogP contribution in [0.1, 0.15) is 18.5 Å². The summed E-state index contributed by atoms with van der Waals surface area (Å²) in [5, 5.41) is 0. The van der Waals surface area contributed by atoms with Gasteiger partial charge in [0.15, 0.2) is 0 Å². The Bertz CT molecular complexity index is 652. The number of aromatic nitrogens is 1. The van der Waals surface area contributed by atoms with Crippen LogP contribution in [0.3, 0.4) is 0 Å². The predicted molar refractivity (Wildman–Crippen MR) is 83.7 cm³/mol. The average molecular weight is 331 g/mol. The van der Waals surface area contributed by atoms with Crippen molar-refractivity contribution < 1.29 is 4.79 Å². The summed E-state index contributed by atoms with van der Waals surface area (Å²) in [7, 11) is 0. The van der Waals surface area contributed by atoms with E-state index in [2.05, 4.69) is 39.1 Å². The lowest BCUT2D eigenvalue weighted by molar-refractivity contribution is -0.117. The van der Waals surface area contributed by atoms with Gasteiger partial charge in [-0.2, -0.15) is 0 Å². The van der Waals surface area contributed by atoms with E-state index in [0.29, 0.717) is 6.42 Å². The zero-order valence-corrected chi connectivity index (χ0v) is 12.9. The SMILES string of the molecule is Cc1ncc(Br)cc1-c1ccc(N2CCCC2=O)cc1. The van der Waals surface area contributed by atoms with Crippen LogP contribution in [0.2, 0.25) is 0 Å². The summed E-state index contributed by atoms with van der Waals surface area (Å²) >= 11 is 3.45. The standard InChI is InChI=1S/C16H15BrN2O/c1-11-15(9-13(17)10-18-11)12-4-6-14(7-5-12)19-8-2-3-16(19)20/h4-7,9-10H,2-3,8H2,1H3. The second-order valence-corrected chi connectivity index (χ2v) is 5.90. The van der Waals surface area contributed by atoms with Gasteiger partial charge < -0.3 is 4.90 Å². The number of anilines is 1. The third kappa shape index (κ3) is 2.48. The van der Waals surface area contributed by atoms with E-state index >= 15 is 0 Å². The number of carbonyl (C=O) groups is 1. The molecule has 4 heteroatoms. The normalized spacial score (nSPS) is 14.9. The molecule has 3 nitrogen and oxygen atoms in total. The first-order valence-electron chi connectivity index (χ1n) is 6.68. The molecule has 102 valence electrons. The van der Waals surface area contributed by atoms with E-state index in [4.69, 9.17) is 0 Å². The third-order valence-corrected chi connectivity index (χ3v) is 4.05. The number of benzene rings is 1. The molecule has 2 heterocycles. The van der Waals surface area contributed by atoms with Crippen LogP contribution in [0.15, 0.2) is 41.0 Å². The van der Waals surface area contributed by atoms with E-state index in [1.165, 1.54) is 0 Å². The van der Waals surface area contributed by atoms with Crippen molar-refractivity contribution in [2.75, 3.05) is 11.4 Å². The van der Waals surface area contributed by atoms with Gasteiger partial charge in [-0.1, -0.05) is 12.1 Å². The first-order valence-corrected chi connectivity index (χ1v) is 7.47. The fraction of sp³-hybridized carbons (Fsp3) is 0.250. The van der Waals surface area contributed by atoms with Gasteiger partial charge in [-0.15, -0.1) is 0 Å². The number of aryl methyl sites for hydroxylation is 1. The molecule has 1 fully saturated rings. The molecule has 1 aromatic carbocycles. The summed E-state index contributed by atoms with van der Waals surface area (Å²) in [6.07, 6.45) is 3.42.